The summed E-state index contributed by atoms with van der Waals surface area (Å²) in [5.41, 5.74) is 1.38. The molecule has 0 bridgehead atoms. The molecule has 0 fully saturated rings. The molecule has 27 heavy (non-hydrogen) atoms. The van der Waals surface area contributed by atoms with Gasteiger partial charge >= 0.3 is 0 Å². The Kier molecular flexibility index (Phi) is 6.88. The Bertz CT molecular complexity index is 742. The van der Waals surface area contributed by atoms with Gasteiger partial charge < -0.3 is 15.7 Å². The lowest BCUT2D eigenvalue weighted by atomic mass is 9.96. The number of thiophene rings is 1. The summed E-state index contributed by atoms with van der Waals surface area (Å²) in [7, 11) is 0. The van der Waals surface area contributed by atoms with Gasteiger partial charge in [-0.05, 0) is 42.8 Å². The largest absolute Gasteiger partial charge is 0.384 e. The van der Waals surface area contributed by atoms with E-state index >= 15 is 0 Å². The third kappa shape index (κ3) is 5.54. The van der Waals surface area contributed by atoms with Crippen molar-refractivity contribution in [3.8, 4) is 0 Å². The lowest BCUT2D eigenvalue weighted by molar-refractivity contribution is 0.0672. The maximum absolute atomic E-state index is 10.7. The zero-order chi connectivity index (χ0) is 19.1. The molecule has 1 aliphatic heterocycles. The molecule has 6 heteroatoms. The van der Waals surface area contributed by atoms with Gasteiger partial charge in [-0.3, -0.25) is 4.90 Å². The molecule has 0 saturated heterocycles. The van der Waals surface area contributed by atoms with Crippen molar-refractivity contribution in [3.63, 3.8) is 0 Å². The average Bonchev–Trinajstić information content (AvgIpc) is 3.15. The number of aliphatic hydroxyl groups is 1. The zero-order valence-electron chi connectivity index (χ0n) is 16.2. The monoisotopic (exact) mass is 386 g/mol. The minimum atomic E-state index is -0.980. The lowest BCUT2D eigenvalue weighted by Gasteiger charge is -2.27. The van der Waals surface area contributed by atoms with Crippen LogP contribution in [0.25, 0.3) is 0 Å². The normalized spacial score (nSPS) is 17.2. The molecular formula is C21H30N4OS. The van der Waals surface area contributed by atoms with Crippen LogP contribution in [0, 0.1) is 0 Å². The lowest BCUT2D eigenvalue weighted by Crippen LogP contribution is -2.43. The number of hydrogen-bond donors (Lipinski definition) is 3. The van der Waals surface area contributed by atoms with Crippen molar-refractivity contribution < 1.29 is 5.11 Å². The second kappa shape index (κ2) is 9.35. The molecule has 1 aromatic carbocycles. The van der Waals surface area contributed by atoms with E-state index in [9.17, 15) is 5.11 Å². The van der Waals surface area contributed by atoms with Gasteiger partial charge in [-0.2, -0.15) is 0 Å². The maximum Gasteiger partial charge on any atom is 0.191 e. The highest BCUT2D eigenvalue weighted by molar-refractivity contribution is 7.10. The molecule has 3 rings (SSSR count). The highest BCUT2D eigenvalue weighted by Gasteiger charge is 2.22. The summed E-state index contributed by atoms with van der Waals surface area (Å²) in [5.74, 6) is 0.752. The topological polar surface area (TPSA) is 59.9 Å². The molecular weight excluding hydrogens is 356 g/mol. The van der Waals surface area contributed by atoms with Crippen molar-refractivity contribution in [2.75, 3.05) is 32.7 Å². The van der Waals surface area contributed by atoms with Gasteiger partial charge in [0.15, 0.2) is 5.96 Å². The molecule has 0 spiro atoms. The molecule has 3 N–H and O–H groups in total. The van der Waals surface area contributed by atoms with Crippen LogP contribution < -0.4 is 10.6 Å². The smallest absolute Gasteiger partial charge is 0.191 e. The second-order valence-corrected chi connectivity index (χ2v) is 8.16. The van der Waals surface area contributed by atoms with E-state index in [-0.39, 0.29) is 0 Å². The predicted molar refractivity (Wildman–Crippen MR) is 113 cm³/mol. The molecule has 1 aliphatic rings. The van der Waals surface area contributed by atoms with E-state index in [1.54, 1.807) is 0 Å². The van der Waals surface area contributed by atoms with Crippen LogP contribution in [0.4, 0.5) is 0 Å². The third-order valence-electron chi connectivity index (χ3n) is 4.89. The number of rotatable bonds is 7. The van der Waals surface area contributed by atoms with Crippen molar-refractivity contribution in [3.05, 3.63) is 57.8 Å². The molecule has 0 saturated carbocycles. The maximum atomic E-state index is 10.7. The summed E-state index contributed by atoms with van der Waals surface area (Å²) < 4.78 is 0. The van der Waals surface area contributed by atoms with Crippen LogP contribution in [0.2, 0.25) is 0 Å². The zero-order valence-corrected chi connectivity index (χ0v) is 17.1. The summed E-state index contributed by atoms with van der Waals surface area (Å²) in [6.45, 7) is 8.93. The van der Waals surface area contributed by atoms with Gasteiger partial charge in [-0.15, -0.1) is 11.3 Å². The number of fused-ring (bicyclic) bond motifs is 1. The molecule has 1 aromatic heterocycles. The fourth-order valence-corrected chi connectivity index (χ4v) is 4.18. The standard InChI is InChI=1S/C21H30N4OS/c1-3-22-20(24-16-21(2,26)18-7-5-4-6-8-18)23-11-13-25-12-9-19-17(15-25)10-14-27-19/h4-8,10,14,26H,3,9,11-13,15-16H2,1-2H3,(H2,22,23,24). The molecule has 146 valence electrons. The van der Waals surface area contributed by atoms with Gasteiger partial charge in [-0.25, -0.2) is 4.99 Å². The van der Waals surface area contributed by atoms with E-state index in [0.717, 1.165) is 50.7 Å². The first-order chi connectivity index (χ1) is 13.1. The molecule has 2 aromatic rings. The number of guanidine groups is 1. The molecule has 1 unspecified atom stereocenters. The number of benzene rings is 1. The van der Waals surface area contributed by atoms with Crippen LogP contribution in [0.5, 0.6) is 0 Å². The van der Waals surface area contributed by atoms with Gasteiger partial charge in [0.2, 0.25) is 0 Å². The minimum absolute atomic E-state index is 0.314. The Labute approximate surface area is 166 Å². The fraction of sp³-hybridized carbons (Fsp3) is 0.476. The van der Waals surface area contributed by atoms with Crippen LogP contribution in [0.15, 0.2) is 46.8 Å². The number of hydrogen-bond acceptors (Lipinski definition) is 4. The van der Waals surface area contributed by atoms with E-state index < -0.39 is 5.60 Å². The van der Waals surface area contributed by atoms with Crippen molar-refractivity contribution in [1.29, 1.82) is 0 Å². The Morgan fingerprint density at radius 2 is 2.07 bits per heavy atom. The van der Waals surface area contributed by atoms with Crippen LogP contribution in [0.3, 0.4) is 0 Å². The van der Waals surface area contributed by atoms with Crippen LogP contribution in [0.1, 0.15) is 29.9 Å². The van der Waals surface area contributed by atoms with E-state index in [2.05, 4.69) is 38.9 Å². The Morgan fingerprint density at radius 1 is 1.26 bits per heavy atom. The number of nitrogens with one attached hydrogen (secondary N) is 2. The third-order valence-corrected chi connectivity index (χ3v) is 5.92. The number of nitrogens with zero attached hydrogens (tertiary/aromatic N) is 2. The molecule has 0 radical (unpaired) electrons. The van der Waals surface area contributed by atoms with Gasteiger partial charge in [0.05, 0.1) is 6.54 Å². The summed E-state index contributed by atoms with van der Waals surface area (Å²) in [5, 5.41) is 19.6. The van der Waals surface area contributed by atoms with Crippen molar-refractivity contribution in [1.82, 2.24) is 15.5 Å². The van der Waals surface area contributed by atoms with Gasteiger partial charge in [-0.1, -0.05) is 30.3 Å². The molecule has 5 nitrogen and oxygen atoms in total. The summed E-state index contributed by atoms with van der Waals surface area (Å²) >= 11 is 1.87. The second-order valence-electron chi connectivity index (χ2n) is 7.16. The highest BCUT2D eigenvalue weighted by atomic mass is 32.1. The summed E-state index contributed by atoms with van der Waals surface area (Å²) in [4.78, 5) is 8.62. The SMILES string of the molecule is CCNC(=NCC(C)(O)c1ccccc1)NCCN1CCc2sccc2C1. The van der Waals surface area contributed by atoms with Crippen LogP contribution in [-0.4, -0.2) is 48.7 Å². The van der Waals surface area contributed by atoms with Crippen LogP contribution >= 0.6 is 11.3 Å². The predicted octanol–water partition coefficient (Wildman–Crippen LogP) is 2.57. The average molecular weight is 387 g/mol. The molecule has 2 heterocycles. The first-order valence-electron chi connectivity index (χ1n) is 9.66. The Balaban J connectivity index is 1.51. The van der Waals surface area contributed by atoms with Crippen molar-refractivity contribution >= 4 is 17.3 Å². The van der Waals surface area contributed by atoms with E-state index in [1.165, 1.54) is 10.4 Å². The van der Waals surface area contributed by atoms with Gasteiger partial charge in [0, 0.05) is 37.6 Å². The quantitative estimate of drug-likeness (QED) is 0.506. The summed E-state index contributed by atoms with van der Waals surface area (Å²) in [6, 6.07) is 11.9. The van der Waals surface area contributed by atoms with Crippen LogP contribution in [-0.2, 0) is 18.6 Å². The summed E-state index contributed by atoms with van der Waals surface area (Å²) in [6.07, 6.45) is 1.15. The van der Waals surface area contributed by atoms with E-state index in [0.29, 0.717) is 6.54 Å². The van der Waals surface area contributed by atoms with Crippen molar-refractivity contribution in [2.24, 2.45) is 4.99 Å². The molecule has 0 amide bonds. The van der Waals surface area contributed by atoms with Crippen molar-refractivity contribution in [2.45, 2.75) is 32.4 Å². The Hall–Kier alpha value is -1.89. The fourth-order valence-electron chi connectivity index (χ4n) is 3.29. The first kappa shape index (κ1) is 19.9. The van der Waals surface area contributed by atoms with Gasteiger partial charge in [0.1, 0.15) is 5.60 Å². The number of aliphatic imine (C=N–C) groups is 1. The van der Waals surface area contributed by atoms with E-state index in [4.69, 9.17) is 0 Å². The Morgan fingerprint density at radius 3 is 2.85 bits per heavy atom. The highest BCUT2D eigenvalue weighted by Crippen LogP contribution is 2.23. The van der Waals surface area contributed by atoms with Gasteiger partial charge in [0.25, 0.3) is 0 Å². The first-order valence-corrected chi connectivity index (χ1v) is 10.5. The van der Waals surface area contributed by atoms with E-state index in [1.807, 2.05) is 48.6 Å². The molecule has 0 aliphatic carbocycles. The minimum Gasteiger partial charge on any atom is -0.384 e. The molecule has 1 atom stereocenters.